The fourth-order valence-electron chi connectivity index (χ4n) is 2.30. The van der Waals surface area contributed by atoms with E-state index in [4.69, 9.17) is 22.1 Å². The average Bonchev–Trinajstić information content (AvgIpc) is 2.63. The summed E-state index contributed by atoms with van der Waals surface area (Å²) in [5.74, 6) is -1.26. The zero-order chi connectivity index (χ0) is 19.8. The number of carbonyl (C=O) groups excluding carboxylic acids is 3. The molecule has 0 aliphatic carbocycles. The number of carbonyl (C=O) groups is 3. The van der Waals surface area contributed by atoms with E-state index in [2.05, 4.69) is 10.6 Å². The van der Waals surface area contributed by atoms with Crippen molar-refractivity contribution in [3.8, 4) is 0 Å². The van der Waals surface area contributed by atoms with Gasteiger partial charge in [0.1, 0.15) is 6.04 Å². The Hall–Kier alpha value is -3.06. The molecule has 0 radical (unpaired) electrons. The minimum atomic E-state index is -1.07. The molecule has 2 aromatic rings. The van der Waals surface area contributed by atoms with E-state index in [0.29, 0.717) is 10.7 Å². The SMILES string of the molecule is C[C@H](OC(=O)[C@H](Cc1ccccc1)NC(N)=O)C(=O)Nc1ccc(Cl)cc1. The molecule has 0 aliphatic heterocycles. The van der Waals surface area contributed by atoms with E-state index in [1.807, 2.05) is 18.2 Å². The minimum absolute atomic E-state index is 0.189. The summed E-state index contributed by atoms with van der Waals surface area (Å²) in [5.41, 5.74) is 6.47. The van der Waals surface area contributed by atoms with Crippen LogP contribution in [-0.4, -0.2) is 30.1 Å². The molecule has 7 nitrogen and oxygen atoms in total. The number of esters is 1. The van der Waals surface area contributed by atoms with E-state index < -0.39 is 30.1 Å². The highest BCUT2D eigenvalue weighted by Crippen LogP contribution is 2.14. The van der Waals surface area contributed by atoms with Gasteiger partial charge in [-0.3, -0.25) is 4.79 Å². The second-order valence-electron chi connectivity index (χ2n) is 5.83. The molecule has 0 fully saturated rings. The second kappa shape index (κ2) is 9.59. The smallest absolute Gasteiger partial charge is 0.329 e. The molecule has 8 heteroatoms. The molecule has 0 unspecified atom stereocenters. The van der Waals surface area contributed by atoms with Gasteiger partial charge in [-0.15, -0.1) is 0 Å². The maximum Gasteiger partial charge on any atom is 0.329 e. The second-order valence-corrected chi connectivity index (χ2v) is 6.26. The van der Waals surface area contributed by atoms with Gasteiger partial charge in [0.2, 0.25) is 0 Å². The third-order valence-corrected chi connectivity index (χ3v) is 3.91. The first-order valence-corrected chi connectivity index (χ1v) is 8.60. The number of amides is 3. The summed E-state index contributed by atoms with van der Waals surface area (Å²) >= 11 is 5.80. The van der Waals surface area contributed by atoms with Gasteiger partial charge in [0.25, 0.3) is 5.91 Å². The van der Waals surface area contributed by atoms with E-state index in [9.17, 15) is 14.4 Å². The van der Waals surface area contributed by atoms with Crippen LogP contribution in [-0.2, 0) is 20.7 Å². The third-order valence-electron chi connectivity index (χ3n) is 3.66. The first-order chi connectivity index (χ1) is 12.8. The maximum atomic E-state index is 12.4. The van der Waals surface area contributed by atoms with Crippen LogP contribution in [0.4, 0.5) is 10.5 Å². The van der Waals surface area contributed by atoms with Gasteiger partial charge in [0.15, 0.2) is 6.10 Å². The van der Waals surface area contributed by atoms with Crippen molar-refractivity contribution in [1.29, 1.82) is 0 Å². The van der Waals surface area contributed by atoms with E-state index in [1.165, 1.54) is 6.92 Å². The molecule has 0 saturated heterocycles. The van der Waals surface area contributed by atoms with Gasteiger partial charge < -0.3 is 21.1 Å². The number of halogens is 1. The summed E-state index contributed by atoms with van der Waals surface area (Å²) in [5, 5.41) is 5.50. The van der Waals surface area contributed by atoms with Crippen LogP contribution in [0.3, 0.4) is 0 Å². The summed E-state index contributed by atoms with van der Waals surface area (Å²) in [4.78, 5) is 35.8. The lowest BCUT2D eigenvalue weighted by Gasteiger charge is -2.19. The Labute approximate surface area is 161 Å². The largest absolute Gasteiger partial charge is 0.451 e. The predicted molar refractivity (Wildman–Crippen MR) is 102 cm³/mol. The van der Waals surface area contributed by atoms with Crippen molar-refractivity contribution in [3.05, 3.63) is 65.2 Å². The molecule has 0 bridgehead atoms. The van der Waals surface area contributed by atoms with E-state index in [-0.39, 0.29) is 6.42 Å². The topological polar surface area (TPSA) is 111 Å². The van der Waals surface area contributed by atoms with Gasteiger partial charge in [0.05, 0.1) is 0 Å². The number of hydrogen-bond donors (Lipinski definition) is 3. The monoisotopic (exact) mass is 389 g/mol. The number of anilines is 1. The van der Waals surface area contributed by atoms with Gasteiger partial charge in [-0.1, -0.05) is 41.9 Å². The Morgan fingerprint density at radius 1 is 1.07 bits per heavy atom. The quantitative estimate of drug-likeness (QED) is 0.632. The van der Waals surface area contributed by atoms with Crippen LogP contribution in [0.25, 0.3) is 0 Å². The standard InChI is InChI=1S/C19H20ClN3O4/c1-12(17(24)22-15-9-7-14(20)8-10-15)27-18(25)16(23-19(21)26)11-13-5-3-2-4-6-13/h2-10,12,16H,11H2,1H3,(H,22,24)(H3,21,23,26)/t12-,16-/m0/s1. The molecule has 0 heterocycles. The summed E-state index contributed by atoms with van der Waals surface area (Å²) in [6, 6.07) is 13.7. The predicted octanol–water partition coefficient (Wildman–Crippen LogP) is 2.49. The fraction of sp³-hybridized carbons (Fsp3) is 0.211. The summed E-state index contributed by atoms with van der Waals surface area (Å²) in [6.07, 6.45) is -0.880. The molecule has 0 saturated carbocycles. The highest BCUT2D eigenvalue weighted by Gasteiger charge is 2.26. The zero-order valence-electron chi connectivity index (χ0n) is 14.6. The summed E-state index contributed by atoms with van der Waals surface area (Å²) in [7, 11) is 0. The first-order valence-electron chi connectivity index (χ1n) is 8.22. The lowest BCUT2D eigenvalue weighted by molar-refractivity contribution is -0.155. The lowest BCUT2D eigenvalue weighted by Crippen LogP contribution is -2.47. The number of urea groups is 1. The molecular formula is C19H20ClN3O4. The van der Waals surface area contributed by atoms with Gasteiger partial charge in [-0.2, -0.15) is 0 Å². The molecule has 0 spiro atoms. The number of nitrogens with one attached hydrogen (secondary N) is 2. The van der Waals surface area contributed by atoms with Gasteiger partial charge in [-0.25, -0.2) is 9.59 Å². The number of rotatable bonds is 7. The van der Waals surface area contributed by atoms with E-state index >= 15 is 0 Å². The Kier molecular flexibility index (Phi) is 7.19. The molecule has 0 aromatic heterocycles. The Morgan fingerprint density at radius 2 is 1.70 bits per heavy atom. The molecule has 2 aromatic carbocycles. The number of hydrogen-bond acceptors (Lipinski definition) is 4. The molecular weight excluding hydrogens is 370 g/mol. The Bertz CT molecular complexity index is 796. The van der Waals surface area contributed by atoms with Crippen LogP contribution in [0.5, 0.6) is 0 Å². The van der Waals surface area contributed by atoms with Gasteiger partial charge in [-0.05, 0) is 36.8 Å². The Morgan fingerprint density at radius 3 is 2.30 bits per heavy atom. The maximum absolute atomic E-state index is 12.4. The summed E-state index contributed by atoms with van der Waals surface area (Å²) < 4.78 is 5.20. The third kappa shape index (κ3) is 6.63. The van der Waals surface area contributed by atoms with Crippen molar-refractivity contribution in [2.24, 2.45) is 5.73 Å². The number of benzene rings is 2. The molecule has 4 N–H and O–H groups in total. The molecule has 2 atom stereocenters. The average molecular weight is 390 g/mol. The van der Waals surface area contributed by atoms with Crippen molar-refractivity contribution in [2.75, 3.05) is 5.32 Å². The normalized spacial score (nSPS) is 12.5. The Balaban J connectivity index is 1.98. The molecule has 27 heavy (non-hydrogen) atoms. The van der Waals surface area contributed by atoms with Crippen LogP contribution in [0.15, 0.2) is 54.6 Å². The molecule has 3 amide bonds. The molecule has 142 valence electrons. The highest BCUT2D eigenvalue weighted by molar-refractivity contribution is 6.30. The van der Waals surface area contributed by atoms with Crippen LogP contribution >= 0.6 is 11.6 Å². The minimum Gasteiger partial charge on any atom is -0.451 e. The fourth-order valence-corrected chi connectivity index (χ4v) is 2.43. The van der Waals surface area contributed by atoms with Crippen molar-refractivity contribution in [3.63, 3.8) is 0 Å². The van der Waals surface area contributed by atoms with Crippen LogP contribution in [0.1, 0.15) is 12.5 Å². The van der Waals surface area contributed by atoms with Crippen molar-refractivity contribution < 1.29 is 19.1 Å². The highest BCUT2D eigenvalue weighted by atomic mass is 35.5. The van der Waals surface area contributed by atoms with E-state index in [0.717, 1.165) is 5.56 Å². The molecule has 2 rings (SSSR count). The van der Waals surface area contributed by atoms with Crippen LogP contribution in [0.2, 0.25) is 5.02 Å². The number of primary amides is 1. The van der Waals surface area contributed by atoms with Crippen molar-refractivity contribution in [1.82, 2.24) is 5.32 Å². The first kappa shape index (κ1) is 20.3. The summed E-state index contributed by atoms with van der Waals surface area (Å²) in [6.45, 7) is 1.44. The lowest BCUT2D eigenvalue weighted by atomic mass is 10.1. The molecule has 0 aliphatic rings. The zero-order valence-corrected chi connectivity index (χ0v) is 15.4. The van der Waals surface area contributed by atoms with Gasteiger partial charge >= 0.3 is 12.0 Å². The number of nitrogens with two attached hydrogens (primary N) is 1. The van der Waals surface area contributed by atoms with Crippen LogP contribution in [0, 0.1) is 0 Å². The van der Waals surface area contributed by atoms with Gasteiger partial charge in [0, 0.05) is 17.1 Å². The van der Waals surface area contributed by atoms with E-state index in [1.54, 1.807) is 36.4 Å². The van der Waals surface area contributed by atoms with Crippen LogP contribution < -0.4 is 16.4 Å². The van der Waals surface area contributed by atoms with Crippen molar-refractivity contribution in [2.45, 2.75) is 25.5 Å². The van der Waals surface area contributed by atoms with Crippen molar-refractivity contribution >= 4 is 35.2 Å². The number of ether oxygens (including phenoxy) is 1.